The Morgan fingerprint density at radius 3 is 1.55 bits per heavy atom. The fourth-order valence-corrected chi connectivity index (χ4v) is 9.57. The van der Waals surface area contributed by atoms with Crippen LogP contribution in [0, 0.1) is 0 Å². The molecule has 0 saturated heterocycles. The number of aromatic nitrogens is 6. The highest BCUT2D eigenvalue weighted by molar-refractivity contribution is 6.76. The summed E-state index contributed by atoms with van der Waals surface area (Å²) in [6.07, 6.45) is 12.8. The summed E-state index contributed by atoms with van der Waals surface area (Å²) in [4.78, 5) is 69.4. The molecule has 8 rings (SSSR count). The molecule has 2 aliphatic heterocycles. The Hall–Kier alpha value is -6.65. The second-order valence-corrected chi connectivity index (χ2v) is 31.7. The van der Waals surface area contributed by atoms with Crippen molar-refractivity contribution < 1.29 is 33.8 Å². The number of nitrogens with zero attached hydrogens (tertiary/aromatic N) is 8. The number of amides is 3. The largest absolute Gasteiger partial charge is 0.476 e. The molecule has 73 heavy (non-hydrogen) atoms. The number of pyridine rings is 2. The maximum Gasteiger partial charge on any atom is 0.356 e. The van der Waals surface area contributed by atoms with Crippen molar-refractivity contribution in [2.75, 3.05) is 36.1 Å². The van der Waals surface area contributed by atoms with Gasteiger partial charge < -0.3 is 44.6 Å². The van der Waals surface area contributed by atoms with E-state index in [9.17, 15) is 24.3 Å². The molecule has 19 heteroatoms. The second kappa shape index (κ2) is 25.8. The summed E-state index contributed by atoms with van der Waals surface area (Å²) < 4.78 is 15.5. The van der Waals surface area contributed by atoms with Gasteiger partial charge in [0.1, 0.15) is 30.8 Å². The molecule has 17 nitrogen and oxygen atoms in total. The van der Waals surface area contributed by atoms with Gasteiger partial charge in [-0.3, -0.25) is 24.4 Å². The predicted octanol–water partition coefficient (Wildman–Crippen LogP) is 8.89. The lowest BCUT2D eigenvalue weighted by Crippen LogP contribution is -2.27. The van der Waals surface area contributed by atoms with Gasteiger partial charge in [0.15, 0.2) is 5.69 Å². The molecule has 4 aromatic heterocycles. The van der Waals surface area contributed by atoms with Crippen LogP contribution in [-0.2, 0) is 58.5 Å². The average molecular weight is 1030 g/mol. The van der Waals surface area contributed by atoms with Crippen LogP contribution < -0.4 is 20.9 Å². The van der Waals surface area contributed by atoms with Gasteiger partial charge in [0, 0.05) is 128 Å². The number of hydrogen-bond acceptors (Lipinski definition) is 11. The van der Waals surface area contributed by atoms with Gasteiger partial charge in [-0.25, -0.2) is 14.8 Å². The monoisotopic (exact) mass is 1030 g/mol. The number of benzene rings is 2. The summed E-state index contributed by atoms with van der Waals surface area (Å²) >= 11 is 0. The lowest BCUT2D eigenvalue weighted by atomic mass is 10.1. The van der Waals surface area contributed by atoms with Crippen LogP contribution in [0.4, 0.5) is 11.4 Å². The van der Waals surface area contributed by atoms with E-state index in [1.807, 2.05) is 82.8 Å². The Kier molecular flexibility index (Phi) is 19.7. The molecule has 0 fully saturated rings. The van der Waals surface area contributed by atoms with Crippen LogP contribution in [0.15, 0.2) is 97.8 Å². The molecule has 0 aliphatic carbocycles. The SMILES string of the molecule is CCC(=O)N1CCc2cc(-c3nc(C(=O)NCc4cccnc4)cn3COCC[Si](C)(C)C)ccc21.CCC(=O)N1CCc2cc(-c3nc(C(=O)O)cn3COCC[Si](C)(C)C)ccc21.NCc1cccnc1. The van der Waals surface area contributed by atoms with Crippen molar-refractivity contribution in [3.8, 4) is 22.8 Å². The minimum absolute atomic E-state index is 0.00270. The minimum atomic E-state index is -1.21. The van der Waals surface area contributed by atoms with Crippen molar-refractivity contribution in [2.24, 2.45) is 5.73 Å². The summed E-state index contributed by atoms with van der Waals surface area (Å²) in [5, 5.41) is 12.3. The summed E-state index contributed by atoms with van der Waals surface area (Å²) in [7, 11) is -2.40. The fraction of sp³-hybridized carbons (Fsp3) is 0.407. The van der Waals surface area contributed by atoms with E-state index in [0.717, 1.165) is 69.7 Å². The van der Waals surface area contributed by atoms with E-state index in [-0.39, 0.29) is 30.1 Å². The molecular weight excluding hydrogens is 957 g/mol. The first-order valence-corrected chi connectivity index (χ1v) is 32.5. The first-order valence-electron chi connectivity index (χ1n) is 25.0. The number of carbonyl (C=O) groups is 4. The number of ether oxygens (including phenoxy) is 2. The Bertz CT molecular complexity index is 2810. The van der Waals surface area contributed by atoms with E-state index in [0.29, 0.717) is 76.3 Å². The van der Waals surface area contributed by atoms with Gasteiger partial charge in [-0.1, -0.05) is 65.3 Å². The Labute approximate surface area is 431 Å². The van der Waals surface area contributed by atoms with Crippen molar-refractivity contribution >= 4 is 51.2 Å². The Morgan fingerprint density at radius 2 is 1.14 bits per heavy atom. The normalized spacial score (nSPS) is 12.8. The first kappa shape index (κ1) is 55.7. The zero-order valence-corrected chi connectivity index (χ0v) is 45.7. The highest BCUT2D eigenvalue weighted by atomic mass is 28.3. The number of anilines is 2. The molecule has 0 saturated carbocycles. The highest BCUT2D eigenvalue weighted by Crippen LogP contribution is 2.34. The standard InChI is InChI=1S/C27H35N5O3Si.C21H29N3O4Si.C6H8N2/c1-5-25(33)32-12-10-21-15-22(8-9-24(21)32)26-30-23(18-31(26)19-35-13-14-36(2,3)4)27(34)29-17-20-7-6-11-28-16-20;1-5-19(25)24-9-8-15-12-16(6-7-18(15)24)20-22-17(21(26)27)13-23(20)14-28-10-11-29(2,3)4;7-4-6-2-1-3-8-5-6/h6-9,11,15-16,18H,5,10,12-14,17,19H2,1-4H3,(H,29,34);6-7,12-13H,5,8-11,14H2,1-4H3,(H,26,27);1-3,5H,4,7H2. The number of aromatic carboxylic acids is 1. The van der Waals surface area contributed by atoms with Crippen LogP contribution in [0.3, 0.4) is 0 Å². The quantitative estimate of drug-likeness (QED) is 0.0513. The smallest absolute Gasteiger partial charge is 0.356 e. The van der Waals surface area contributed by atoms with Crippen LogP contribution in [0.2, 0.25) is 51.4 Å². The highest BCUT2D eigenvalue weighted by Gasteiger charge is 2.27. The summed E-state index contributed by atoms with van der Waals surface area (Å²) in [6, 6.07) is 21.6. The molecule has 0 radical (unpaired) electrons. The number of nitrogens with two attached hydrogens (primary N) is 1. The van der Waals surface area contributed by atoms with E-state index in [1.54, 1.807) is 35.6 Å². The van der Waals surface area contributed by atoms with E-state index in [1.165, 1.54) is 6.20 Å². The third kappa shape index (κ3) is 15.9. The summed E-state index contributed by atoms with van der Waals surface area (Å²) in [6.45, 7) is 21.8. The number of carbonyl (C=O) groups excluding carboxylic acids is 3. The molecular formula is C54H72N10O7Si2. The predicted molar refractivity (Wildman–Crippen MR) is 291 cm³/mol. The average Bonchev–Trinajstić information content (AvgIpc) is 4.21. The minimum Gasteiger partial charge on any atom is -0.476 e. The van der Waals surface area contributed by atoms with Crippen molar-refractivity contribution in [3.63, 3.8) is 0 Å². The summed E-state index contributed by atoms with van der Waals surface area (Å²) in [5.74, 6) is 0.180. The Morgan fingerprint density at radius 1 is 0.671 bits per heavy atom. The van der Waals surface area contributed by atoms with Gasteiger partial charge in [0.25, 0.3) is 5.91 Å². The number of hydrogen-bond donors (Lipinski definition) is 3. The maximum atomic E-state index is 12.9. The molecule has 4 N–H and O–H groups in total. The summed E-state index contributed by atoms with van der Waals surface area (Å²) in [5.41, 5.74) is 13.5. The van der Waals surface area contributed by atoms with Crippen LogP contribution in [0.25, 0.3) is 22.8 Å². The second-order valence-electron chi connectivity index (χ2n) is 20.4. The number of carboxylic acid groups (broad SMARTS) is 1. The third-order valence-corrected chi connectivity index (χ3v) is 15.7. The van der Waals surface area contributed by atoms with Gasteiger partial charge in [-0.05, 0) is 95.7 Å². The van der Waals surface area contributed by atoms with E-state index in [2.05, 4.69) is 65.6 Å². The zero-order chi connectivity index (χ0) is 52.7. The number of carboxylic acids is 1. The van der Waals surface area contributed by atoms with Crippen molar-refractivity contribution in [3.05, 3.63) is 131 Å². The number of rotatable bonds is 19. The van der Waals surface area contributed by atoms with Crippen molar-refractivity contribution in [1.82, 2.24) is 34.4 Å². The molecule has 0 atom stereocenters. The van der Waals surface area contributed by atoms with Gasteiger partial charge in [-0.15, -0.1) is 0 Å². The van der Waals surface area contributed by atoms with Gasteiger partial charge in [0.2, 0.25) is 11.8 Å². The van der Waals surface area contributed by atoms with Gasteiger partial charge in [0.05, 0.1) is 0 Å². The van der Waals surface area contributed by atoms with Gasteiger partial charge in [-0.2, -0.15) is 0 Å². The van der Waals surface area contributed by atoms with E-state index in [4.69, 9.17) is 20.2 Å². The van der Waals surface area contributed by atoms with Gasteiger partial charge >= 0.3 is 5.97 Å². The molecule has 6 aromatic rings. The van der Waals surface area contributed by atoms with Crippen LogP contribution in [0.5, 0.6) is 0 Å². The fourth-order valence-electron chi connectivity index (χ4n) is 8.06. The molecule has 2 aromatic carbocycles. The zero-order valence-electron chi connectivity index (χ0n) is 43.7. The van der Waals surface area contributed by atoms with Crippen LogP contribution in [-0.4, -0.2) is 100 Å². The number of fused-ring (bicyclic) bond motifs is 2. The topological polar surface area (TPSA) is 213 Å². The van der Waals surface area contributed by atoms with Crippen molar-refractivity contribution in [1.29, 1.82) is 0 Å². The first-order chi connectivity index (χ1) is 34.9. The van der Waals surface area contributed by atoms with Crippen molar-refractivity contribution in [2.45, 2.75) is 117 Å². The molecule has 0 spiro atoms. The molecule has 0 bridgehead atoms. The Balaban J connectivity index is 0.000000210. The van der Waals surface area contributed by atoms with E-state index < -0.39 is 22.1 Å². The maximum absolute atomic E-state index is 12.9. The van der Waals surface area contributed by atoms with E-state index >= 15 is 0 Å². The molecule has 2 aliphatic rings. The number of nitrogens with one attached hydrogen (secondary N) is 1. The molecule has 388 valence electrons. The lowest BCUT2D eigenvalue weighted by Gasteiger charge is -2.17. The van der Waals surface area contributed by atoms with Crippen LogP contribution >= 0.6 is 0 Å². The molecule has 0 unspecified atom stereocenters. The lowest BCUT2D eigenvalue weighted by molar-refractivity contribution is -0.119. The third-order valence-electron chi connectivity index (χ3n) is 12.3. The molecule has 6 heterocycles. The van der Waals surface area contributed by atoms with Crippen LogP contribution in [0.1, 0.15) is 69.9 Å². The molecule has 3 amide bonds. The number of imidazole rings is 2.